The van der Waals surface area contributed by atoms with Gasteiger partial charge in [-0.3, -0.25) is 4.79 Å². The highest BCUT2D eigenvalue weighted by Crippen LogP contribution is 2.18. The molecule has 0 saturated carbocycles. The van der Waals surface area contributed by atoms with Gasteiger partial charge < -0.3 is 4.74 Å². The van der Waals surface area contributed by atoms with E-state index in [-0.39, 0.29) is 12.3 Å². The summed E-state index contributed by atoms with van der Waals surface area (Å²) in [4.78, 5) is 11.9. The van der Waals surface area contributed by atoms with E-state index < -0.39 is 0 Å². The lowest BCUT2D eigenvalue weighted by molar-refractivity contribution is -0.120. The summed E-state index contributed by atoms with van der Waals surface area (Å²) in [6, 6.07) is 22.1. The molecule has 0 atom stereocenters. The Hall–Kier alpha value is -2.82. The minimum atomic E-state index is -0.196. The molecule has 3 aromatic rings. The molecule has 3 rings (SSSR count). The zero-order valence-electron chi connectivity index (χ0n) is 14.9. The number of hydrogen-bond acceptors (Lipinski definition) is 3. The Labute approximate surface area is 173 Å². The molecule has 0 heterocycles. The second-order valence-electron chi connectivity index (χ2n) is 6.05. The first-order valence-electron chi connectivity index (χ1n) is 8.63. The van der Waals surface area contributed by atoms with Gasteiger partial charge in [-0.2, -0.15) is 5.10 Å². The number of hydrogen-bond donors (Lipinski definition) is 1. The van der Waals surface area contributed by atoms with Crippen molar-refractivity contribution in [2.24, 2.45) is 5.10 Å². The maximum absolute atomic E-state index is 11.9. The lowest BCUT2D eigenvalue weighted by Gasteiger charge is -2.07. The molecule has 4 nitrogen and oxygen atoms in total. The van der Waals surface area contributed by atoms with Crippen LogP contribution in [0.3, 0.4) is 0 Å². The Bertz CT molecular complexity index is 955. The number of hydrazone groups is 1. The smallest absolute Gasteiger partial charge is 0.244 e. The van der Waals surface area contributed by atoms with Gasteiger partial charge in [0.25, 0.3) is 0 Å². The maximum atomic E-state index is 11.9. The zero-order chi connectivity index (χ0) is 19.8. The van der Waals surface area contributed by atoms with E-state index in [1.54, 1.807) is 18.3 Å². The van der Waals surface area contributed by atoms with Gasteiger partial charge in [-0.05, 0) is 53.6 Å². The fourth-order valence-electron chi connectivity index (χ4n) is 2.43. The van der Waals surface area contributed by atoms with Crippen molar-refractivity contribution in [1.82, 2.24) is 5.43 Å². The first kappa shape index (κ1) is 19.9. The van der Waals surface area contributed by atoms with E-state index in [1.807, 2.05) is 60.7 Å². The molecule has 3 aromatic carbocycles. The third-order valence-electron chi connectivity index (χ3n) is 3.91. The van der Waals surface area contributed by atoms with Crippen LogP contribution in [0.25, 0.3) is 0 Å². The van der Waals surface area contributed by atoms with Gasteiger partial charge in [-0.1, -0.05) is 53.5 Å². The van der Waals surface area contributed by atoms with Crippen LogP contribution < -0.4 is 10.2 Å². The average Bonchev–Trinajstić information content (AvgIpc) is 2.70. The quantitative estimate of drug-likeness (QED) is 0.424. The number of rotatable bonds is 7. The molecule has 0 bridgehead atoms. The Morgan fingerprint density at radius 1 is 0.964 bits per heavy atom. The number of ether oxygens (including phenoxy) is 1. The molecule has 0 spiro atoms. The summed E-state index contributed by atoms with van der Waals surface area (Å²) in [5, 5.41) is 5.30. The molecular formula is C22H18Cl2N2O2. The summed E-state index contributed by atoms with van der Waals surface area (Å²) < 4.78 is 5.74. The fraction of sp³-hybridized carbons (Fsp3) is 0.0909. The van der Waals surface area contributed by atoms with Gasteiger partial charge in [0.1, 0.15) is 12.4 Å². The van der Waals surface area contributed by atoms with E-state index in [9.17, 15) is 4.79 Å². The third kappa shape index (κ3) is 6.12. The molecule has 1 N–H and O–H groups in total. The van der Waals surface area contributed by atoms with Gasteiger partial charge in [0, 0.05) is 15.6 Å². The van der Waals surface area contributed by atoms with Gasteiger partial charge >= 0.3 is 0 Å². The first-order chi connectivity index (χ1) is 13.6. The predicted octanol–water partition coefficient (Wildman–Crippen LogP) is 5.27. The zero-order valence-corrected chi connectivity index (χ0v) is 16.5. The highest BCUT2D eigenvalue weighted by molar-refractivity contribution is 6.31. The summed E-state index contributed by atoms with van der Waals surface area (Å²) in [5.41, 5.74) is 5.16. The minimum Gasteiger partial charge on any atom is -0.489 e. The lowest BCUT2D eigenvalue weighted by atomic mass is 10.1. The Morgan fingerprint density at radius 3 is 2.39 bits per heavy atom. The molecule has 0 aliphatic rings. The van der Waals surface area contributed by atoms with Crippen molar-refractivity contribution in [3.63, 3.8) is 0 Å². The first-order valence-corrected chi connectivity index (χ1v) is 9.38. The normalized spacial score (nSPS) is 10.8. The third-order valence-corrected chi connectivity index (χ3v) is 4.53. The van der Waals surface area contributed by atoms with E-state index in [0.29, 0.717) is 16.7 Å². The standard InChI is InChI=1S/C22H18Cl2N2O2/c23-19-9-5-16(6-10-19)13-22(27)26-25-14-17-7-11-20(12-8-17)28-15-18-3-1-2-4-21(18)24/h1-12,14H,13,15H2,(H,26,27)/b25-14-. The van der Waals surface area contributed by atoms with Gasteiger partial charge in [0.2, 0.25) is 5.91 Å². The molecule has 6 heteroatoms. The van der Waals surface area contributed by atoms with Crippen LogP contribution in [0.5, 0.6) is 5.75 Å². The molecule has 0 unspecified atom stereocenters. The summed E-state index contributed by atoms with van der Waals surface area (Å²) in [6.07, 6.45) is 1.82. The van der Waals surface area contributed by atoms with Crippen molar-refractivity contribution < 1.29 is 9.53 Å². The van der Waals surface area contributed by atoms with Crippen molar-refractivity contribution in [2.45, 2.75) is 13.0 Å². The molecule has 1 amide bonds. The van der Waals surface area contributed by atoms with E-state index in [4.69, 9.17) is 27.9 Å². The Morgan fingerprint density at radius 2 is 1.68 bits per heavy atom. The molecular weight excluding hydrogens is 395 g/mol. The molecule has 142 valence electrons. The van der Waals surface area contributed by atoms with Crippen LogP contribution in [0.15, 0.2) is 77.9 Å². The monoisotopic (exact) mass is 412 g/mol. The van der Waals surface area contributed by atoms with E-state index in [0.717, 1.165) is 22.4 Å². The van der Waals surface area contributed by atoms with Crippen LogP contribution >= 0.6 is 23.2 Å². The van der Waals surface area contributed by atoms with E-state index >= 15 is 0 Å². The highest BCUT2D eigenvalue weighted by atomic mass is 35.5. The predicted molar refractivity (Wildman–Crippen MR) is 113 cm³/mol. The van der Waals surface area contributed by atoms with Gasteiger partial charge in [0.05, 0.1) is 12.6 Å². The van der Waals surface area contributed by atoms with Gasteiger partial charge in [-0.15, -0.1) is 0 Å². The van der Waals surface area contributed by atoms with Crippen LogP contribution in [0.1, 0.15) is 16.7 Å². The largest absolute Gasteiger partial charge is 0.489 e. The van der Waals surface area contributed by atoms with Crippen molar-refractivity contribution in [3.05, 3.63) is 99.5 Å². The summed E-state index contributed by atoms with van der Waals surface area (Å²) >= 11 is 11.9. The molecule has 28 heavy (non-hydrogen) atoms. The maximum Gasteiger partial charge on any atom is 0.244 e. The number of carbonyl (C=O) groups excluding carboxylic acids is 1. The van der Waals surface area contributed by atoms with E-state index in [2.05, 4.69) is 10.5 Å². The Kier molecular flexibility index (Phi) is 7.06. The van der Waals surface area contributed by atoms with Crippen LogP contribution in [-0.4, -0.2) is 12.1 Å². The molecule has 0 radical (unpaired) electrons. The van der Waals surface area contributed by atoms with Crippen molar-refractivity contribution in [3.8, 4) is 5.75 Å². The summed E-state index contributed by atoms with van der Waals surface area (Å²) in [7, 11) is 0. The van der Waals surface area contributed by atoms with Crippen LogP contribution in [0.4, 0.5) is 0 Å². The SMILES string of the molecule is O=C(Cc1ccc(Cl)cc1)N/N=C\c1ccc(OCc2ccccc2Cl)cc1. The lowest BCUT2D eigenvalue weighted by Crippen LogP contribution is -2.19. The molecule has 0 aliphatic carbocycles. The second kappa shape index (κ2) is 9.93. The summed E-state index contributed by atoms with van der Waals surface area (Å²) in [6.45, 7) is 0.397. The van der Waals surface area contributed by atoms with Crippen LogP contribution in [-0.2, 0) is 17.8 Å². The highest BCUT2D eigenvalue weighted by Gasteiger charge is 2.02. The van der Waals surface area contributed by atoms with Crippen molar-refractivity contribution >= 4 is 35.3 Å². The number of carbonyl (C=O) groups is 1. The molecule has 0 fully saturated rings. The number of amides is 1. The number of benzene rings is 3. The van der Waals surface area contributed by atoms with E-state index in [1.165, 1.54) is 0 Å². The number of halogens is 2. The topological polar surface area (TPSA) is 50.7 Å². The average molecular weight is 413 g/mol. The van der Waals surface area contributed by atoms with Crippen molar-refractivity contribution in [1.29, 1.82) is 0 Å². The second-order valence-corrected chi connectivity index (χ2v) is 6.89. The van der Waals surface area contributed by atoms with Gasteiger partial charge in [-0.25, -0.2) is 5.43 Å². The fourth-order valence-corrected chi connectivity index (χ4v) is 2.75. The van der Waals surface area contributed by atoms with Crippen molar-refractivity contribution in [2.75, 3.05) is 0 Å². The van der Waals surface area contributed by atoms with Crippen LogP contribution in [0.2, 0.25) is 10.0 Å². The molecule has 0 aromatic heterocycles. The van der Waals surface area contributed by atoms with Crippen LogP contribution in [0, 0.1) is 0 Å². The Balaban J connectivity index is 1.47. The minimum absolute atomic E-state index is 0.196. The molecule has 0 saturated heterocycles. The summed E-state index contributed by atoms with van der Waals surface area (Å²) in [5.74, 6) is 0.530. The van der Waals surface area contributed by atoms with Gasteiger partial charge in [0.15, 0.2) is 0 Å². The number of nitrogens with one attached hydrogen (secondary N) is 1. The molecule has 0 aliphatic heterocycles. The number of nitrogens with zero attached hydrogens (tertiary/aromatic N) is 1.